The zero-order chi connectivity index (χ0) is 20.0. The van der Waals surface area contributed by atoms with Crippen LogP contribution in [0.4, 0.5) is 5.69 Å². The first-order valence-corrected chi connectivity index (χ1v) is 9.54. The van der Waals surface area contributed by atoms with E-state index in [0.29, 0.717) is 45.9 Å². The number of Topliss-reactive ketones (excluding diaryl/α,β-unsaturated/α-hetero) is 1. The zero-order valence-electron chi connectivity index (χ0n) is 15.4. The Balaban J connectivity index is 1.67. The molecule has 1 amide bonds. The van der Waals surface area contributed by atoms with Crippen molar-refractivity contribution >= 4 is 33.3 Å². The minimum absolute atomic E-state index is 0.185. The molecule has 0 aromatic heterocycles. The lowest BCUT2D eigenvalue weighted by atomic mass is 9.95. The summed E-state index contributed by atoms with van der Waals surface area (Å²) in [5.74, 6) is 0.149. The molecule has 146 valence electrons. The highest BCUT2D eigenvalue weighted by atomic mass is 79.9. The largest absolute Gasteiger partial charge is 0.496 e. The number of halogens is 1. The van der Waals surface area contributed by atoms with E-state index in [-0.39, 0.29) is 6.67 Å². The van der Waals surface area contributed by atoms with E-state index in [0.717, 1.165) is 5.56 Å². The molecule has 2 aromatic carbocycles. The summed E-state index contributed by atoms with van der Waals surface area (Å²) in [4.78, 5) is 28.3. The van der Waals surface area contributed by atoms with Gasteiger partial charge in [-0.1, -0.05) is 6.07 Å². The van der Waals surface area contributed by atoms with Gasteiger partial charge in [-0.3, -0.25) is 19.4 Å². The van der Waals surface area contributed by atoms with E-state index in [2.05, 4.69) is 15.9 Å². The molecule has 0 aliphatic carbocycles. The van der Waals surface area contributed by atoms with Gasteiger partial charge in [-0.25, -0.2) is 0 Å². The van der Waals surface area contributed by atoms with Gasteiger partial charge in [0.25, 0.3) is 5.78 Å². The van der Waals surface area contributed by atoms with Gasteiger partial charge in [0, 0.05) is 28.7 Å². The van der Waals surface area contributed by atoms with Crippen LogP contribution in [0.2, 0.25) is 0 Å². The molecule has 1 atom stereocenters. The monoisotopic (exact) mass is 446 g/mol. The molecule has 28 heavy (non-hydrogen) atoms. The maximum Gasteiger partial charge on any atom is 0.300 e. The molecule has 0 saturated heterocycles. The number of aliphatic hydroxyl groups excluding tert-OH is 1. The summed E-state index contributed by atoms with van der Waals surface area (Å²) in [5.41, 5.74) is 2.46. The van der Waals surface area contributed by atoms with E-state index in [4.69, 9.17) is 9.47 Å². The van der Waals surface area contributed by atoms with Gasteiger partial charge in [0.1, 0.15) is 11.5 Å². The first-order valence-electron chi connectivity index (χ1n) is 8.75. The Kier molecular flexibility index (Phi) is 4.86. The number of fused-ring (bicyclic) bond motifs is 2. The molecule has 2 aliphatic heterocycles. The minimum atomic E-state index is -0.802. The number of methoxy groups -OCH3 is 2. The predicted molar refractivity (Wildman–Crippen MR) is 106 cm³/mol. The number of rotatable bonds is 4. The molecule has 7 nitrogen and oxygen atoms in total. The highest BCUT2D eigenvalue weighted by molar-refractivity contribution is 9.10. The van der Waals surface area contributed by atoms with E-state index in [1.165, 1.54) is 4.90 Å². The maximum absolute atomic E-state index is 12.6. The lowest BCUT2D eigenvalue weighted by Gasteiger charge is -2.35. The van der Waals surface area contributed by atoms with Gasteiger partial charge in [-0.2, -0.15) is 0 Å². The van der Waals surface area contributed by atoms with E-state index in [1.54, 1.807) is 44.6 Å². The van der Waals surface area contributed by atoms with Crippen LogP contribution in [0.25, 0.3) is 0 Å². The Hall–Kier alpha value is -2.42. The van der Waals surface area contributed by atoms with Crippen LogP contribution in [-0.4, -0.2) is 49.1 Å². The molecule has 0 radical (unpaired) electrons. The fourth-order valence-corrected chi connectivity index (χ4v) is 4.43. The van der Waals surface area contributed by atoms with Crippen LogP contribution in [0.15, 0.2) is 34.8 Å². The second-order valence-corrected chi connectivity index (χ2v) is 7.58. The number of anilines is 1. The molecular formula is C20H19BrN2O5. The number of carbonyl (C=O) groups is 2. The van der Waals surface area contributed by atoms with Crippen molar-refractivity contribution in [3.8, 4) is 11.5 Å². The highest BCUT2D eigenvalue weighted by Gasteiger charge is 2.39. The number of amides is 1. The standard InChI is InChI=1S/C20H19BrN2O5/c1-27-15-6-7-16(28-2)17-11(15)8-22(9-14(17)24)10-23-13-5-3-4-12(21)18(13)19(25)20(23)26/h3-7,14,24H,8-10H2,1-2H3/t14-/m0/s1. The lowest BCUT2D eigenvalue weighted by molar-refractivity contribution is -0.114. The molecule has 2 aliphatic rings. The van der Waals surface area contributed by atoms with Gasteiger partial charge in [-0.05, 0) is 40.2 Å². The normalized spacial score (nSPS) is 18.9. The summed E-state index contributed by atoms with van der Waals surface area (Å²) in [7, 11) is 3.13. The molecule has 0 unspecified atom stereocenters. The van der Waals surface area contributed by atoms with Gasteiger partial charge in [-0.15, -0.1) is 0 Å². The molecule has 2 aromatic rings. The second kappa shape index (κ2) is 7.20. The third kappa shape index (κ3) is 2.88. The molecule has 0 fully saturated rings. The number of benzene rings is 2. The number of hydrogen-bond donors (Lipinski definition) is 1. The molecular weight excluding hydrogens is 428 g/mol. The number of nitrogens with zero attached hydrogens (tertiary/aromatic N) is 2. The highest BCUT2D eigenvalue weighted by Crippen LogP contribution is 2.40. The number of β-amino-alcohol motifs (C(OH)–C–C–N with tert-alkyl or cyclic N) is 1. The van der Waals surface area contributed by atoms with E-state index in [1.807, 2.05) is 4.90 Å². The predicted octanol–water partition coefficient (Wildman–Crippen LogP) is 2.50. The van der Waals surface area contributed by atoms with Crippen molar-refractivity contribution in [2.45, 2.75) is 12.6 Å². The van der Waals surface area contributed by atoms with E-state index < -0.39 is 17.8 Å². The Morgan fingerprint density at radius 3 is 2.57 bits per heavy atom. The van der Waals surface area contributed by atoms with Gasteiger partial charge in [0.2, 0.25) is 0 Å². The number of carbonyl (C=O) groups excluding carboxylic acids is 2. The number of ether oxygens (including phenoxy) is 2. The van der Waals surface area contributed by atoms with Crippen LogP contribution < -0.4 is 14.4 Å². The fraction of sp³-hybridized carbons (Fsp3) is 0.300. The maximum atomic E-state index is 12.6. The van der Waals surface area contributed by atoms with E-state index >= 15 is 0 Å². The SMILES string of the molecule is COc1ccc(OC)c2c1CN(CN1C(=O)C(=O)c3c(Br)cccc31)C[C@@H]2O. The van der Waals surface area contributed by atoms with Crippen molar-refractivity contribution in [3.05, 3.63) is 51.5 Å². The van der Waals surface area contributed by atoms with Gasteiger partial charge in [0.05, 0.1) is 38.2 Å². The van der Waals surface area contributed by atoms with Gasteiger partial charge < -0.3 is 14.6 Å². The molecule has 0 bridgehead atoms. The Morgan fingerprint density at radius 2 is 1.86 bits per heavy atom. The summed E-state index contributed by atoms with van der Waals surface area (Å²) in [6.45, 7) is 0.941. The molecule has 2 heterocycles. The van der Waals surface area contributed by atoms with Crippen molar-refractivity contribution in [1.29, 1.82) is 0 Å². The third-order valence-corrected chi connectivity index (χ3v) is 5.81. The average molecular weight is 447 g/mol. The number of aliphatic hydroxyl groups is 1. The van der Waals surface area contributed by atoms with Crippen LogP contribution in [0.5, 0.6) is 11.5 Å². The summed E-state index contributed by atoms with van der Waals surface area (Å²) < 4.78 is 11.4. The Labute approximate surface area is 170 Å². The van der Waals surface area contributed by atoms with Crippen molar-refractivity contribution in [2.75, 3.05) is 32.3 Å². The quantitative estimate of drug-likeness (QED) is 0.726. The van der Waals surface area contributed by atoms with Gasteiger partial charge in [0.15, 0.2) is 0 Å². The minimum Gasteiger partial charge on any atom is -0.496 e. The second-order valence-electron chi connectivity index (χ2n) is 6.73. The van der Waals surface area contributed by atoms with Crippen LogP contribution in [-0.2, 0) is 11.3 Å². The lowest BCUT2D eigenvalue weighted by Crippen LogP contribution is -2.44. The first-order chi connectivity index (χ1) is 13.5. The summed E-state index contributed by atoms with van der Waals surface area (Å²) >= 11 is 3.35. The fourth-order valence-electron chi connectivity index (χ4n) is 3.89. The molecule has 8 heteroatoms. The number of hydrogen-bond acceptors (Lipinski definition) is 6. The third-order valence-electron chi connectivity index (χ3n) is 5.15. The Bertz CT molecular complexity index is 977. The van der Waals surface area contributed by atoms with Crippen molar-refractivity contribution < 1.29 is 24.2 Å². The summed E-state index contributed by atoms with van der Waals surface area (Å²) in [5, 5.41) is 10.7. The van der Waals surface area contributed by atoms with Crippen LogP contribution in [0.1, 0.15) is 27.6 Å². The van der Waals surface area contributed by atoms with Crippen molar-refractivity contribution in [2.24, 2.45) is 0 Å². The average Bonchev–Trinajstić information content (AvgIpc) is 2.93. The number of ketones is 1. The van der Waals surface area contributed by atoms with Crippen molar-refractivity contribution in [3.63, 3.8) is 0 Å². The zero-order valence-corrected chi connectivity index (χ0v) is 17.0. The summed E-state index contributed by atoms with van der Waals surface area (Å²) in [6.07, 6.45) is -0.802. The first kappa shape index (κ1) is 18.9. The molecule has 1 N–H and O–H groups in total. The Morgan fingerprint density at radius 1 is 1.14 bits per heavy atom. The van der Waals surface area contributed by atoms with Gasteiger partial charge >= 0.3 is 5.91 Å². The summed E-state index contributed by atoms with van der Waals surface area (Å²) in [6, 6.07) is 8.85. The smallest absolute Gasteiger partial charge is 0.300 e. The van der Waals surface area contributed by atoms with Crippen molar-refractivity contribution in [1.82, 2.24) is 4.90 Å². The molecule has 4 rings (SSSR count). The topological polar surface area (TPSA) is 79.3 Å². The van der Waals surface area contributed by atoms with E-state index in [9.17, 15) is 14.7 Å². The molecule has 0 saturated carbocycles. The molecule has 0 spiro atoms. The van der Waals surface area contributed by atoms with Crippen LogP contribution >= 0.6 is 15.9 Å². The van der Waals surface area contributed by atoms with Crippen LogP contribution in [0.3, 0.4) is 0 Å². The van der Waals surface area contributed by atoms with Crippen LogP contribution in [0, 0.1) is 0 Å².